The minimum absolute atomic E-state index is 0.260. The van der Waals surface area contributed by atoms with Crippen molar-refractivity contribution in [2.45, 2.75) is 26.7 Å². The minimum Gasteiger partial charge on any atom is -0.0714 e. The zero-order chi connectivity index (χ0) is 6.41. The Balaban J connectivity index is 3.66. The predicted molar refractivity (Wildman–Crippen MR) is 37.7 cm³/mol. The van der Waals surface area contributed by atoms with E-state index in [0.717, 1.165) is 12.8 Å². The van der Waals surface area contributed by atoms with Crippen LogP contribution in [-0.4, -0.2) is 0 Å². The first-order chi connectivity index (χ1) is 3.85. The predicted octanol–water partition coefficient (Wildman–Crippen LogP) is 2.71. The SMILES string of the molecule is CCC(=C[PH+]=O)CC. The van der Waals surface area contributed by atoms with Crippen LogP contribution in [0.2, 0.25) is 0 Å². The fourth-order valence-corrected chi connectivity index (χ4v) is 1.11. The first kappa shape index (κ1) is 7.84. The van der Waals surface area contributed by atoms with E-state index in [9.17, 15) is 4.57 Å². The molecular weight excluding hydrogens is 119 g/mol. The third kappa shape index (κ3) is 2.92. The molecule has 0 fully saturated rings. The highest BCUT2D eigenvalue weighted by Crippen LogP contribution is 2.09. The third-order valence-electron chi connectivity index (χ3n) is 1.17. The van der Waals surface area contributed by atoms with Gasteiger partial charge in [0, 0.05) is 0 Å². The topological polar surface area (TPSA) is 17.1 Å². The van der Waals surface area contributed by atoms with Crippen LogP contribution in [0.5, 0.6) is 0 Å². The fourth-order valence-electron chi connectivity index (χ4n) is 0.537. The first-order valence-corrected chi connectivity index (χ1v) is 3.89. The number of hydrogen-bond acceptors (Lipinski definition) is 1. The van der Waals surface area contributed by atoms with Crippen molar-refractivity contribution in [3.05, 3.63) is 11.4 Å². The zero-order valence-electron chi connectivity index (χ0n) is 5.40. The summed E-state index contributed by atoms with van der Waals surface area (Å²) in [5, 5.41) is 0. The summed E-state index contributed by atoms with van der Waals surface area (Å²) in [5.41, 5.74) is 1.29. The average molecular weight is 131 g/mol. The van der Waals surface area contributed by atoms with Gasteiger partial charge >= 0.3 is 8.46 Å². The molecule has 8 heavy (non-hydrogen) atoms. The molecule has 0 aliphatic carbocycles. The molecule has 0 rings (SSSR count). The maximum Gasteiger partial charge on any atom is 0.355 e. The molecule has 0 aliphatic heterocycles. The maximum atomic E-state index is 10.0. The summed E-state index contributed by atoms with van der Waals surface area (Å²) >= 11 is 0. The Bertz CT molecular complexity index is 90.7. The van der Waals surface area contributed by atoms with Crippen LogP contribution >= 0.6 is 8.46 Å². The second-order valence-electron chi connectivity index (χ2n) is 1.63. The van der Waals surface area contributed by atoms with Crippen molar-refractivity contribution in [2.24, 2.45) is 0 Å². The molecule has 0 aliphatic rings. The Hall–Kier alpha value is -0.160. The van der Waals surface area contributed by atoms with Crippen molar-refractivity contribution in [1.82, 2.24) is 0 Å². The van der Waals surface area contributed by atoms with E-state index in [1.807, 2.05) is 0 Å². The Morgan fingerprint density at radius 1 is 1.50 bits per heavy atom. The summed E-state index contributed by atoms with van der Waals surface area (Å²) in [6.07, 6.45) is 2.07. The largest absolute Gasteiger partial charge is 0.355 e. The molecule has 0 heterocycles. The van der Waals surface area contributed by atoms with Crippen molar-refractivity contribution in [1.29, 1.82) is 0 Å². The van der Waals surface area contributed by atoms with Gasteiger partial charge in [0.05, 0.1) is 0 Å². The smallest absolute Gasteiger partial charge is 0.0714 e. The molecule has 0 aromatic carbocycles. The lowest BCUT2D eigenvalue weighted by Crippen LogP contribution is -1.71. The van der Waals surface area contributed by atoms with Crippen molar-refractivity contribution in [3.63, 3.8) is 0 Å². The highest BCUT2D eigenvalue weighted by molar-refractivity contribution is 7.27. The highest BCUT2D eigenvalue weighted by atomic mass is 31.1. The second-order valence-corrected chi connectivity index (χ2v) is 2.15. The molecule has 46 valence electrons. The minimum atomic E-state index is -0.260. The molecule has 0 saturated heterocycles. The van der Waals surface area contributed by atoms with Crippen LogP contribution in [-0.2, 0) is 4.57 Å². The molecule has 2 heteroatoms. The lowest BCUT2D eigenvalue weighted by atomic mass is 10.2. The van der Waals surface area contributed by atoms with Gasteiger partial charge in [-0.3, -0.25) is 0 Å². The molecule has 0 spiro atoms. The average Bonchev–Trinajstić information content (AvgIpc) is 1.83. The van der Waals surface area contributed by atoms with Crippen LogP contribution in [0.4, 0.5) is 0 Å². The van der Waals surface area contributed by atoms with E-state index in [2.05, 4.69) is 13.8 Å². The summed E-state index contributed by atoms with van der Waals surface area (Å²) in [5.74, 6) is 1.79. The van der Waals surface area contributed by atoms with E-state index in [4.69, 9.17) is 0 Å². The Labute approximate surface area is 52.0 Å². The van der Waals surface area contributed by atoms with Crippen molar-refractivity contribution < 1.29 is 4.57 Å². The Morgan fingerprint density at radius 2 is 2.00 bits per heavy atom. The summed E-state index contributed by atoms with van der Waals surface area (Å²) in [7, 11) is -0.260. The molecule has 1 nitrogen and oxygen atoms in total. The van der Waals surface area contributed by atoms with Crippen molar-refractivity contribution in [2.75, 3.05) is 0 Å². The molecule has 1 unspecified atom stereocenters. The van der Waals surface area contributed by atoms with E-state index in [-0.39, 0.29) is 8.46 Å². The molecule has 0 bridgehead atoms. The van der Waals surface area contributed by atoms with Gasteiger partial charge in [-0.1, -0.05) is 18.4 Å². The molecule has 0 aromatic rings. The molecule has 0 radical (unpaired) electrons. The first-order valence-electron chi connectivity index (χ1n) is 2.90. The highest BCUT2D eigenvalue weighted by Gasteiger charge is 1.90. The van der Waals surface area contributed by atoms with Crippen LogP contribution in [0.15, 0.2) is 11.4 Å². The van der Waals surface area contributed by atoms with Crippen LogP contribution < -0.4 is 0 Å². The van der Waals surface area contributed by atoms with Gasteiger partial charge in [-0.15, -0.1) is 0 Å². The zero-order valence-corrected chi connectivity index (χ0v) is 6.40. The van der Waals surface area contributed by atoms with Crippen LogP contribution in [0.1, 0.15) is 26.7 Å². The number of hydrogen-bond donors (Lipinski definition) is 0. The molecule has 0 amide bonds. The van der Waals surface area contributed by atoms with Crippen molar-refractivity contribution in [3.8, 4) is 0 Å². The van der Waals surface area contributed by atoms with E-state index < -0.39 is 0 Å². The Morgan fingerprint density at radius 3 is 2.12 bits per heavy atom. The van der Waals surface area contributed by atoms with Crippen LogP contribution in [0.3, 0.4) is 0 Å². The molecule has 0 saturated carbocycles. The monoisotopic (exact) mass is 131 g/mol. The van der Waals surface area contributed by atoms with Gasteiger partial charge in [0.15, 0.2) is 5.82 Å². The van der Waals surface area contributed by atoms with Gasteiger partial charge in [0.25, 0.3) is 0 Å². The summed E-state index contributed by atoms with van der Waals surface area (Å²) < 4.78 is 10.0. The van der Waals surface area contributed by atoms with Gasteiger partial charge in [-0.05, 0) is 18.4 Å². The van der Waals surface area contributed by atoms with Crippen molar-refractivity contribution >= 4 is 8.46 Å². The van der Waals surface area contributed by atoms with Gasteiger partial charge in [-0.25, -0.2) is 0 Å². The summed E-state index contributed by atoms with van der Waals surface area (Å²) in [4.78, 5) is 0. The molecule has 1 atom stereocenters. The van der Waals surface area contributed by atoms with E-state index in [1.165, 1.54) is 5.57 Å². The second kappa shape index (κ2) is 4.99. The molecular formula is C6H12OP+. The van der Waals surface area contributed by atoms with E-state index in [1.54, 1.807) is 5.82 Å². The van der Waals surface area contributed by atoms with Crippen LogP contribution in [0, 0.1) is 0 Å². The summed E-state index contributed by atoms with van der Waals surface area (Å²) in [6.45, 7) is 4.16. The van der Waals surface area contributed by atoms with Gasteiger partial charge in [0.2, 0.25) is 0 Å². The van der Waals surface area contributed by atoms with Crippen LogP contribution in [0.25, 0.3) is 0 Å². The van der Waals surface area contributed by atoms with E-state index in [0.29, 0.717) is 0 Å². The third-order valence-corrected chi connectivity index (χ3v) is 1.70. The lowest BCUT2D eigenvalue weighted by molar-refractivity contribution is 0.602. The quantitative estimate of drug-likeness (QED) is 0.538. The van der Waals surface area contributed by atoms with E-state index >= 15 is 0 Å². The maximum absolute atomic E-state index is 10.0. The standard InChI is InChI=1S/C6H11OP/c1-3-6(4-2)5-8-7/h5H,3-4H2,1-2H3/p+1. The Kier molecular flexibility index (Phi) is 4.89. The molecule has 0 aromatic heterocycles. The van der Waals surface area contributed by atoms with Gasteiger partial charge < -0.3 is 0 Å². The number of rotatable bonds is 3. The fraction of sp³-hybridized carbons (Fsp3) is 0.667. The number of allylic oxidation sites excluding steroid dienone is 1. The lowest BCUT2D eigenvalue weighted by Gasteiger charge is -1.88. The molecule has 0 N–H and O–H groups in total. The van der Waals surface area contributed by atoms with Gasteiger partial charge in [-0.2, -0.15) is 0 Å². The normalized spacial score (nSPS) is 9.25. The summed E-state index contributed by atoms with van der Waals surface area (Å²) in [6, 6.07) is 0. The van der Waals surface area contributed by atoms with Gasteiger partial charge in [0.1, 0.15) is 0 Å².